The number of sulfonamides is 1. The van der Waals surface area contributed by atoms with E-state index >= 15 is 0 Å². The number of rotatable bonds is 8. The summed E-state index contributed by atoms with van der Waals surface area (Å²) in [6, 6.07) is 11.8. The number of hydrogen-bond acceptors (Lipinski definition) is 5. The first-order valence-corrected chi connectivity index (χ1v) is 11.1. The minimum absolute atomic E-state index is 0.0896. The van der Waals surface area contributed by atoms with E-state index in [9.17, 15) is 13.2 Å². The highest BCUT2D eigenvalue weighted by atomic mass is 32.2. The van der Waals surface area contributed by atoms with Gasteiger partial charge in [0.2, 0.25) is 15.9 Å². The zero-order chi connectivity index (χ0) is 20.0. The first-order chi connectivity index (χ1) is 12.7. The van der Waals surface area contributed by atoms with E-state index in [4.69, 9.17) is 4.74 Å². The van der Waals surface area contributed by atoms with Crippen LogP contribution in [0.1, 0.15) is 19.4 Å². The lowest BCUT2D eigenvalue weighted by molar-refractivity contribution is -0.114. The second-order valence-corrected chi connectivity index (χ2v) is 8.70. The van der Waals surface area contributed by atoms with Crippen LogP contribution in [0.15, 0.2) is 52.3 Å². The zero-order valence-corrected chi connectivity index (χ0v) is 17.4. The van der Waals surface area contributed by atoms with Crippen molar-refractivity contribution in [1.82, 2.24) is 4.72 Å². The highest BCUT2D eigenvalue weighted by molar-refractivity contribution is 7.98. The van der Waals surface area contributed by atoms with Crippen molar-refractivity contribution in [3.8, 4) is 5.75 Å². The standard InChI is InChI=1S/C19H24N2O4S2/c1-13-7-5-6-8-18(13)25-12-14(2)21-27(23,24)16-9-10-19(26-4)17(11-16)20-15(3)22/h5-11,14,21H,12H2,1-4H3,(H,20,22)/t14-/m1/s1. The Morgan fingerprint density at radius 3 is 2.56 bits per heavy atom. The minimum Gasteiger partial charge on any atom is -0.492 e. The molecule has 0 radical (unpaired) electrons. The molecule has 0 aliphatic heterocycles. The summed E-state index contributed by atoms with van der Waals surface area (Å²) in [5.74, 6) is 0.466. The molecule has 2 rings (SSSR count). The van der Waals surface area contributed by atoms with Crippen molar-refractivity contribution in [3.63, 3.8) is 0 Å². The average Bonchev–Trinajstić information content (AvgIpc) is 2.60. The molecule has 6 nitrogen and oxygen atoms in total. The van der Waals surface area contributed by atoms with Crippen LogP contribution >= 0.6 is 11.8 Å². The maximum absolute atomic E-state index is 12.7. The van der Waals surface area contributed by atoms with Gasteiger partial charge in [0.1, 0.15) is 12.4 Å². The third-order valence-electron chi connectivity index (χ3n) is 3.73. The van der Waals surface area contributed by atoms with Crippen molar-refractivity contribution in [2.45, 2.75) is 36.6 Å². The number of aryl methyl sites for hydroxylation is 1. The zero-order valence-electron chi connectivity index (χ0n) is 15.8. The van der Waals surface area contributed by atoms with Gasteiger partial charge >= 0.3 is 0 Å². The number of benzene rings is 2. The third-order valence-corrected chi connectivity index (χ3v) is 6.11. The number of carbonyl (C=O) groups excluding carboxylic acids is 1. The molecule has 1 atom stereocenters. The molecule has 2 aromatic rings. The summed E-state index contributed by atoms with van der Waals surface area (Å²) in [6.07, 6.45) is 1.86. The largest absolute Gasteiger partial charge is 0.492 e. The van der Waals surface area contributed by atoms with Crippen LogP contribution in [-0.2, 0) is 14.8 Å². The first kappa shape index (κ1) is 21.3. The van der Waals surface area contributed by atoms with Gasteiger partial charge in [-0.25, -0.2) is 13.1 Å². The van der Waals surface area contributed by atoms with Gasteiger partial charge in [0.15, 0.2) is 0 Å². The van der Waals surface area contributed by atoms with E-state index in [1.165, 1.54) is 30.8 Å². The Morgan fingerprint density at radius 1 is 1.22 bits per heavy atom. The van der Waals surface area contributed by atoms with Crippen molar-refractivity contribution < 1.29 is 17.9 Å². The number of amides is 1. The summed E-state index contributed by atoms with van der Waals surface area (Å²) in [5.41, 5.74) is 1.46. The van der Waals surface area contributed by atoms with E-state index in [1.807, 2.05) is 37.4 Å². The molecule has 0 aliphatic rings. The highest BCUT2D eigenvalue weighted by Crippen LogP contribution is 2.28. The fraction of sp³-hybridized carbons (Fsp3) is 0.316. The van der Waals surface area contributed by atoms with Crippen LogP contribution in [0.3, 0.4) is 0 Å². The number of hydrogen-bond donors (Lipinski definition) is 2. The van der Waals surface area contributed by atoms with Crippen LogP contribution in [0.25, 0.3) is 0 Å². The molecule has 27 heavy (non-hydrogen) atoms. The van der Waals surface area contributed by atoms with Gasteiger partial charge in [-0.2, -0.15) is 0 Å². The molecule has 0 heterocycles. The van der Waals surface area contributed by atoms with Crippen LogP contribution in [0.5, 0.6) is 5.75 Å². The summed E-state index contributed by atoms with van der Waals surface area (Å²) >= 11 is 1.43. The van der Waals surface area contributed by atoms with Gasteiger partial charge < -0.3 is 10.1 Å². The molecule has 0 saturated heterocycles. The summed E-state index contributed by atoms with van der Waals surface area (Å²) in [4.78, 5) is 12.2. The molecule has 0 fully saturated rings. The number of nitrogens with one attached hydrogen (secondary N) is 2. The van der Waals surface area contributed by atoms with E-state index in [0.29, 0.717) is 5.69 Å². The summed E-state index contributed by atoms with van der Waals surface area (Å²) in [5, 5.41) is 2.67. The summed E-state index contributed by atoms with van der Waals surface area (Å²) < 4.78 is 33.7. The summed E-state index contributed by atoms with van der Waals surface area (Å²) in [6.45, 7) is 5.25. The Hall–Kier alpha value is -2.03. The topological polar surface area (TPSA) is 84.5 Å². The Labute approximate surface area is 164 Å². The molecule has 1 amide bonds. The minimum atomic E-state index is -3.75. The van der Waals surface area contributed by atoms with Crippen molar-refractivity contribution in [2.75, 3.05) is 18.2 Å². The smallest absolute Gasteiger partial charge is 0.241 e. The predicted octanol–water partition coefficient (Wildman–Crippen LogP) is 3.42. The van der Waals surface area contributed by atoms with E-state index in [-0.39, 0.29) is 17.4 Å². The third kappa shape index (κ3) is 5.98. The van der Waals surface area contributed by atoms with Gasteiger partial charge in [0.25, 0.3) is 0 Å². The SMILES string of the molecule is CSc1ccc(S(=O)(=O)N[C@H](C)COc2ccccc2C)cc1NC(C)=O. The predicted molar refractivity (Wildman–Crippen MR) is 109 cm³/mol. The molecule has 0 spiro atoms. The van der Waals surface area contributed by atoms with Gasteiger partial charge in [-0.3, -0.25) is 4.79 Å². The molecular weight excluding hydrogens is 384 g/mol. The fourth-order valence-corrected chi connectivity index (χ4v) is 4.23. The van der Waals surface area contributed by atoms with Crippen molar-refractivity contribution >= 4 is 33.4 Å². The quantitative estimate of drug-likeness (QED) is 0.654. The molecule has 2 N–H and O–H groups in total. The lowest BCUT2D eigenvalue weighted by atomic mass is 10.2. The van der Waals surface area contributed by atoms with Gasteiger partial charge in [-0.15, -0.1) is 11.8 Å². The number of ether oxygens (including phenoxy) is 1. The molecule has 0 saturated carbocycles. The molecule has 0 bridgehead atoms. The Balaban J connectivity index is 2.11. The Morgan fingerprint density at radius 2 is 1.93 bits per heavy atom. The molecule has 0 unspecified atom stereocenters. The van der Waals surface area contributed by atoms with Gasteiger partial charge in [-0.1, -0.05) is 18.2 Å². The fourth-order valence-electron chi connectivity index (χ4n) is 2.44. The molecule has 2 aromatic carbocycles. The van der Waals surface area contributed by atoms with Crippen LogP contribution in [0, 0.1) is 6.92 Å². The molecular formula is C19H24N2O4S2. The number of para-hydroxylation sites is 1. The Bertz CT molecular complexity index is 914. The maximum Gasteiger partial charge on any atom is 0.241 e. The lowest BCUT2D eigenvalue weighted by Crippen LogP contribution is -2.36. The monoisotopic (exact) mass is 408 g/mol. The van der Waals surface area contributed by atoms with E-state index < -0.39 is 16.1 Å². The van der Waals surface area contributed by atoms with Crippen LogP contribution in [0.4, 0.5) is 5.69 Å². The van der Waals surface area contributed by atoms with Crippen molar-refractivity contribution in [3.05, 3.63) is 48.0 Å². The van der Waals surface area contributed by atoms with Crippen LogP contribution < -0.4 is 14.8 Å². The molecule has 0 aliphatic carbocycles. The summed E-state index contributed by atoms with van der Waals surface area (Å²) in [7, 11) is -3.75. The molecule has 0 aromatic heterocycles. The normalized spacial score (nSPS) is 12.4. The van der Waals surface area contributed by atoms with E-state index in [1.54, 1.807) is 13.0 Å². The van der Waals surface area contributed by atoms with Gasteiger partial charge in [0.05, 0.1) is 16.6 Å². The van der Waals surface area contributed by atoms with E-state index in [2.05, 4.69) is 10.0 Å². The number of anilines is 1. The number of thioether (sulfide) groups is 1. The lowest BCUT2D eigenvalue weighted by Gasteiger charge is -2.17. The highest BCUT2D eigenvalue weighted by Gasteiger charge is 2.19. The van der Waals surface area contributed by atoms with Gasteiger partial charge in [0, 0.05) is 11.8 Å². The van der Waals surface area contributed by atoms with E-state index in [0.717, 1.165) is 16.2 Å². The Kier molecular flexibility index (Phi) is 7.29. The van der Waals surface area contributed by atoms with Crippen LogP contribution in [-0.4, -0.2) is 33.2 Å². The van der Waals surface area contributed by atoms with Gasteiger partial charge in [-0.05, 0) is 49.9 Å². The maximum atomic E-state index is 12.7. The number of carbonyl (C=O) groups is 1. The first-order valence-electron chi connectivity index (χ1n) is 8.39. The van der Waals surface area contributed by atoms with Crippen LogP contribution in [0.2, 0.25) is 0 Å². The van der Waals surface area contributed by atoms with Crippen molar-refractivity contribution in [2.24, 2.45) is 0 Å². The molecule has 8 heteroatoms. The second kappa shape index (κ2) is 9.25. The average molecular weight is 409 g/mol. The second-order valence-electron chi connectivity index (χ2n) is 6.14. The molecule has 146 valence electrons. The van der Waals surface area contributed by atoms with Crippen molar-refractivity contribution in [1.29, 1.82) is 0 Å².